The van der Waals surface area contributed by atoms with E-state index in [0.29, 0.717) is 5.41 Å². The van der Waals surface area contributed by atoms with Gasteiger partial charge in [-0.15, -0.1) is 5.10 Å². The van der Waals surface area contributed by atoms with Gasteiger partial charge in [0.05, 0.1) is 0 Å². The SMILES string of the molecule is CCC1(CNC(=O)c2n[nH]c(C(C)(C)C)n2)CCCC1. The van der Waals surface area contributed by atoms with Crippen LogP contribution in [0.3, 0.4) is 0 Å². The molecule has 1 fully saturated rings. The molecule has 0 saturated heterocycles. The van der Waals surface area contributed by atoms with E-state index >= 15 is 0 Å². The number of nitrogens with zero attached hydrogens (tertiary/aromatic N) is 2. The fourth-order valence-corrected chi connectivity index (χ4v) is 2.83. The Kier molecular flexibility index (Phi) is 4.16. The first-order valence-corrected chi connectivity index (χ1v) is 7.57. The number of amides is 1. The third kappa shape index (κ3) is 3.19. The van der Waals surface area contributed by atoms with Crippen LogP contribution in [0, 0.1) is 5.41 Å². The third-order valence-electron chi connectivity index (χ3n) is 4.44. The second-order valence-corrected chi connectivity index (χ2v) is 7.00. The number of rotatable bonds is 4. The van der Waals surface area contributed by atoms with Crippen LogP contribution >= 0.6 is 0 Å². The lowest BCUT2D eigenvalue weighted by molar-refractivity contribution is 0.0918. The van der Waals surface area contributed by atoms with Gasteiger partial charge in [-0.25, -0.2) is 4.98 Å². The van der Waals surface area contributed by atoms with E-state index in [1.165, 1.54) is 25.7 Å². The molecule has 1 saturated carbocycles. The molecule has 0 atom stereocenters. The predicted octanol–water partition coefficient (Wildman–Crippen LogP) is 2.80. The summed E-state index contributed by atoms with van der Waals surface area (Å²) in [5.41, 5.74) is 0.167. The molecular formula is C15H26N4O. The van der Waals surface area contributed by atoms with Crippen molar-refractivity contribution in [2.45, 2.75) is 65.2 Å². The van der Waals surface area contributed by atoms with Crippen LogP contribution < -0.4 is 5.32 Å². The zero-order chi connectivity index (χ0) is 14.8. The lowest BCUT2D eigenvalue weighted by Gasteiger charge is -2.27. The molecule has 5 nitrogen and oxygen atoms in total. The van der Waals surface area contributed by atoms with Crippen LogP contribution in [0.2, 0.25) is 0 Å². The molecule has 0 aromatic carbocycles. The predicted molar refractivity (Wildman–Crippen MR) is 78.6 cm³/mol. The average Bonchev–Trinajstić information content (AvgIpc) is 3.05. The Balaban J connectivity index is 1.97. The van der Waals surface area contributed by atoms with E-state index in [0.717, 1.165) is 18.8 Å². The van der Waals surface area contributed by atoms with Gasteiger partial charge in [0.1, 0.15) is 5.82 Å². The van der Waals surface area contributed by atoms with Crippen molar-refractivity contribution in [2.75, 3.05) is 6.54 Å². The van der Waals surface area contributed by atoms with Crippen molar-refractivity contribution in [1.82, 2.24) is 20.5 Å². The van der Waals surface area contributed by atoms with Crippen molar-refractivity contribution in [3.05, 3.63) is 11.6 Å². The van der Waals surface area contributed by atoms with Crippen molar-refractivity contribution >= 4 is 5.91 Å². The van der Waals surface area contributed by atoms with E-state index < -0.39 is 0 Å². The van der Waals surface area contributed by atoms with Crippen LogP contribution in [0.4, 0.5) is 0 Å². The molecule has 0 bridgehead atoms. The van der Waals surface area contributed by atoms with Gasteiger partial charge in [-0.1, -0.05) is 40.5 Å². The molecule has 0 aliphatic heterocycles. The number of hydrogen-bond donors (Lipinski definition) is 2. The lowest BCUT2D eigenvalue weighted by atomic mass is 9.83. The number of nitrogens with one attached hydrogen (secondary N) is 2. The highest BCUT2D eigenvalue weighted by atomic mass is 16.2. The first-order chi connectivity index (χ1) is 9.36. The monoisotopic (exact) mass is 278 g/mol. The van der Waals surface area contributed by atoms with Gasteiger partial charge >= 0.3 is 0 Å². The number of carbonyl (C=O) groups is 1. The van der Waals surface area contributed by atoms with Gasteiger partial charge in [0, 0.05) is 12.0 Å². The number of H-pyrrole nitrogens is 1. The number of carbonyl (C=O) groups excluding carboxylic acids is 1. The van der Waals surface area contributed by atoms with E-state index in [1.807, 2.05) is 20.8 Å². The smallest absolute Gasteiger partial charge is 0.290 e. The summed E-state index contributed by atoms with van der Waals surface area (Å²) in [5, 5.41) is 9.90. The molecule has 0 unspecified atom stereocenters. The largest absolute Gasteiger partial charge is 0.349 e. The van der Waals surface area contributed by atoms with Crippen molar-refractivity contribution in [2.24, 2.45) is 5.41 Å². The maximum absolute atomic E-state index is 12.1. The normalized spacial score (nSPS) is 18.2. The first-order valence-electron chi connectivity index (χ1n) is 7.57. The Hall–Kier alpha value is -1.39. The number of hydrogen-bond acceptors (Lipinski definition) is 3. The van der Waals surface area contributed by atoms with Gasteiger partial charge in [-0.05, 0) is 24.7 Å². The Morgan fingerprint density at radius 2 is 2.00 bits per heavy atom. The minimum absolute atomic E-state index is 0.123. The fourth-order valence-electron chi connectivity index (χ4n) is 2.83. The van der Waals surface area contributed by atoms with Gasteiger partial charge < -0.3 is 5.32 Å². The molecule has 20 heavy (non-hydrogen) atoms. The summed E-state index contributed by atoms with van der Waals surface area (Å²) in [4.78, 5) is 16.4. The Morgan fingerprint density at radius 1 is 1.35 bits per heavy atom. The minimum Gasteiger partial charge on any atom is -0.349 e. The first kappa shape index (κ1) is 15.0. The van der Waals surface area contributed by atoms with Crippen LogP contribution in [0.15, 0.2) is 0 Å². The molecule has 0 spiro atoms. The van der Waals surface area contributed by atoms with Crippen LogP contribution in [-0.2, 0) is 5.41 Å². The summed E-state index contributed by atoms with van der Waals surface area (Å²) < 4.78 is 0. The zero-order valence-corrected chi connectivity index (χ0v) is 13.0. The van der Waals surface area contributed by atoms with Gasteiger partial charge in [0.2, 0.25) is 5.82 Å². The Morgan fingerprint density at radius 3 is 2.50 bits per heavy atom. The van der Waals surface area contributed by atoms with E-state index in [1.54, 1.807) is 0 Å². The maximum Gasteiger partial charge on any atom is 0.290 e. The van der Waals surface area contributed by atoms with Crippen molar-refractivity contribution in [3.8, 4) is 0 Å². The molecule has 2 N–H and O–H groups in total. The molecule has 1 amide bonds. The highest BCUT2D eigenvalue weighted by molar-refractivity contribution is 5.90. The number of aromatic amines is 1. The summed E-state index contributed by atoms with van der Waals surface area (Å²) in [6.45, 7) is 9.07. The van der Waals surface area contributed by atoms with Crippen molar-refractivity contribution < 1.29 is 4.79 Å². The second kappa shape index (κ2) is 5.54. The summed E-state index contributed by atoms with van der Waals surface area (Å²) in [6.07, 6.45) is 6.10. The molecule has 1 heterocycles. The molecular weight excluding hydrogens is 252 g/mol. The van der Waals surface area contributed by atoms with Gasteiger partial charge in [0.15, 0.2) is 0 Å². The second-order valence-electron chi connectivity index (χ2n) is 7.00. The molecule has 1 aromatic heterocycles. The van der Waals surface area contributed by atoms with E-state index in [-0.39, 0.29) is 17.1 Å². The highest BCUT2D eigenvalue weighted by Crippen LogP contribution is 2.40. The zero-order valence-electron chi connectivity index (χ0n) is 13.0. The minimum atomic E-state index is -0.170. The van der Waals surface area contributed by atoms with Crippen LogP contribution in [0.25, 0.3) is 0 Å². The molecule has 2 rings (SSSR count). The maximum atomic E-state index is 12.1. The summed E-state index contributed by atoms with van der Waals surface area (Å²) in [7, 11) is 0. The van der Waals surface area contributed by atoms with Gasteiger partial charge in [0.25, 0.3) is 5.91 Å². The molecule has 1 aromatic rings. The van der Waals surface area contributed by atoms with Gasteiger partial charge in [-0.2, -0.15) is 0 Å². The third-order valence-corrected chi connectivity index (χ3v) is 4.44. The molecule has 5 heteroatoms. The van der Waals surface area contributed by atoms with Crippen LogP contribution in [-0.4, -0.2) is 27.6 Å². The quantitative estimate of drug-likeness (QED) is 0.889. The molecule has 0 radical (unpaired) electrons. The van der Waals surface area contributed by atoms with Gasteiger partial charge in [-0.3, -0.25) is 9.89 Å². The molecule has 1 aliphatic carbocycles. The average molecular weight is 278 g/mol. The van der Waals surface area contributed by atoms with E-state index in [4.69, 9.17) is 0 Å². The summed E-state index contributed by atoms with van der Waals surface area (Å²) >= 11 is 0. The van der Waals surface area contributed by atoms with E-state index in [2.05, 4.69) is 27.4 Å². The lowest BCUT2D eigenvalue weighted by Crippen LogP contribution is -2.36. The molecule has 112 valence electrons. The van der Waals surface area contributed by atoms with Crippen LogP contribution in [0.5, 0.6) is 0 Å². The highest BCUT2D eigenvalue weighted by Gasteiger charge is 2.32. The van der Waals surface area contributed by atoms with E-state index in [9.17, 15) is 4.79 Å². The van der Waals surface area contributed by atoms with Crippen LogP contribution in [0.1, 0.15) is 76.2 Å². The Labute approximate surface area is 120 Å². The Bertz CT molecular complexity index is 466. The molecule has 1 aliphatic rings. The van der Waals surface area contributed by atoms with Crippen molar-refractivity contribution in [1.29, 1.82) is 0 Å². The standard InChI is InChI=1S/C15H26N4O/c1-5-15(8-6-7-9-15)10-16-12(20)11-17-13(19-18-11)14(2,3)4/h5-10H2,1-4H3,(H,16,20)(H,17,18,19). The fraction of sp³-hybridized carbons (Fsp3) is 0.800. The number of aromatic nitrogens is 3. The summed E-state index contributed by atoms with van der Waals surface area (Å²) in [6, 6.07) is 0. The van der Waals surface area contributed by atoms with Crippen molar-refractivity contribution in [3.63, 3.8) is 0 Å². The topological polar surface area (TPSA) is 70.7 Å². The summed E-state index contributed by atoms with van der Waals surface area (Å²) in [5.74, 6) is 0.823.